The zero-order valence-corrected chi connectivity index (χ0v) is 9.69. The summed E-state index contributed by atoms with van der Waals surface area (Å²) in [7, 11) is 0. The molecule has 0 unspecified atom stereocenters. The van der Waals surface area contributed by atoms with Gasteiger partial charge in [0.25, 0.3) is 0 Å². The first-order valence-electron chi connectivity index (χ1n) is 5.17. The smallest absolute Gasteiger partial charge is 0.308 e. The van der Waals surface area contributed by atoms with Crippen LogP contribution in [-0.4, -0.2) is 5.97 Å². The number of carbonyl (C=O) groups is 1. The fourth-order valence-corrected chi connectivity index (χ4v) is 1.47. The number of nitrogens with two attached hydrogens (primary N) is 1. The van der Waals surface area contributed by atoms with Crippen LogP contribution in [0.5, 0.6) is 5.75 Å². The van der Waals surface area contributed by atoms with Gasteiger partial charge >= 0.3 is 5.97 Å². The molecule has 1 aromatic rings. The Balaban J connectivity index is 2.80. The first-order chi connectivity index (χ1) is 7.49. The van der Waals surface area contributed by atoms with Gasteiger partial charge in [0.1, 0.15) is 5.75 Å². The predicted octanol–water partition coefficient (Wildman–Crippen LogP) is 2.58. The molecule has 0 heterocycles. The van der Waals surface area contributed by atoms with Crippen molar-refractivity contribution in [1.29, 1.82) is 0 Å². The molecule has 16 heavy (non-hydrogen) atoms. The minimum atomic E-state index is -0.328. The molecule has 0 radical (unpaired) electrons. The van der Waals surface area contributed by atoms with Crippen LogP contribution in [0.3, 0.4) is 0 Å². The van der Waals surface area contributed by atoms with Crippen LogP contribution in [0.15, 0.2) is 36.4 Å². The van der Waals surface area contributed by atoms with E-state index in [9.17, 15) is 4.79 Å². The Labute approximate surface area is 95.9 Å². The van der Waals surface area contributed by atoms with Gasteiger partial charge in [-0.25, -0.2) is 0 Å². The van der Waals surface area contributed by atoms with Crippen LogP contribution in [0.25, 0.3) is 0 Å². The molecule has 0 saturated heterocycles. The molecule has 0 aromatic heterocycles. The van der Waals surface area contributed by atoms with Crippen molar-refractivity contribution in [2.75, 3.05) is 0 Å². The van der Waals surface area contributed by atoms with Crippen molar-refractivity contribution >= 4 is 5.97 Å². The maximum atomic E-state index is 10.8. The summed E-state index contributed by atoms with van der Waals surface area (Å²) < 4.78 is 4.99. The summed E-state index contributed by atoms with van der Waals surface area (Å²) in [6.07, 6.45) is 0.726. The van der Waals surface area contributed by atoms with E-state index in [0.29, 0.717) is 5.75 Å². The lowest BCUT2D eigenvalue weighted by Crippen LogP contribution is -2.11. The summed E-state index contributed by atoms with van der Waals surface area (Å²) in [4.78, 5) is 10.8. The van der Waals surface area contributed by atoms with E-state index in [-0.39, 0.29) is 12.0 Å². The third-order valence-electron chi connectivity index (χ3n) is 2.12. The summed E-state index contributed by atoms with van der Waals surface area (Å²) in [5, 5.41) is 0. The maximum absolute atomic E-state index is 10.8. The van der Waals surface area contributed by atoms with E-state index in [0.717, 1.165) is 17.6 Å². The molecular weight excluding hydrogens is 202 g/mol. The SMILES string of the molecule is C=C(C)C[C@@H](N)c1cccc(OC(C)=O)c1. The molecule has 3 heteroatoms. The Morgan fingerprint density at radius 3 is 2.75 bits per heavy atom. The molecule has 1 atom stereocenters. The summed E-state index contributed by atoms with van der Waals surface area (Å²) in [6.45, 7) is 7.14. The molecule has 0 aliphatic rings. The number of esters is 1. The van der Waals surface area contributed by atoms with Crippen molar-refractivity contribution < 1.29 is 9.53 Å². The number of ether oxygens (including phenoxy) is 1. The van der Waals surface area contributed by atoms with Crippen molar-refractivity contribution in [1.82, 2.24) is 0 Å². The highest BCUT2D eigenvalue weighted by atomic mass is 16.5. The molecule has 3 nitrogen and oxygen atoms in total. The van der Waals surface area contributed by atoms with Gasteiger partial charge in [-0.2, -0.15) is 0 Å². The number of hydrogen-bond donors (Lipinski definition) is 1. The van der Waals surface area contributed by atoms with E-state index in [1.807, 2.05) is 19.1 Å². The van der Waals surface area contributed by atoms with Crippen LogP contribution in [0.1, 0.15) is 31.9 Å². The number of rotatable bonds is 4. The Kier molecular flexibility index (Phi) is 4.26. The first-order valence-corrected chi connectivity index (χ1v) is 5.17. The Hall–Kier alpha value is -1.61. The van der Waals surface area contributed by atoms with Gasteiger partial charge in [-0.1, -0.05) is 17.7 Å². The molecule has 86 valence electrons. The molecular formula is C13H17NO2. The Morgan fingerprint density at radius 2 is 2.19 bits per heavy atom. The lowest BCUT2D eigenvalue weighted by atomic mass is 10.0. The predicted molar refractivity (Wildman–Crippen MR) is 64.1 cm³/mol. The van der Waals surface area contributed by atoms with E-state index in [1.165, 1.54) is 6.92 Å². The summed E-state index contributed by atoms with van der Waals surface area (Å²) in [5.41, 5.74) is 7.97. The normalized spacial score (nSPS) is 11.9. The lowest BCUT2D eigenvalue weighted by Gasteiger charge is -2.12. The van der Waals surface area contributed by atoms with Crippen molar-refractivity contribution in [3.05, 3.63) is 42.0 Å². The average Bonchev–Trinajstić information content (AvgIpc) is 2.16. The highest BCUT2D eigenvalue weighted by Crippen LogP contribution is 2.22. The van der Waals surface area contributed by atoms with Crippen LogP contribution in [-0.2, 0) is 4.79 Å². The van der Waals surface area contributed by atoms with Gasteiger partial charge in [-0.05, 0) is 31.0 Å². The van der Waals surface area contributed by atoms with E-state index in [4.69, 9.17) is 10.5 Å². The van der Waals surface area contributed by atoms with E-state index in [1.54, 1.807) is 12.1 Å². The minimum Gasteiger partial charge on any atom is -0.427 e. The Morgan fingerprint density at radius 1 is 1.50 bits per heavy atom. The molecule has 2 N–H and O–H groups in total. The minimum absolute atomic E-state index is 0.104. The van der Waals surface area contributed by atoms with E-state index >= 15 is 0 Å². The fraction of sp³-hybridized carbons (Fsp3) is 0.308. The molecule has 0 saturated carbocycles. The third kappa shape index (κ3) is 3.87. The molecule has 0 aliphatic carbocycles. The molecule has 1 rings (SSSR count). The second-order valence-electron chi connectivity index (χ2n) is 3.93. The van der Waals surface area contributed by atoms with Gasteiger partial charge in [0.05, 0.1) is 0 Å². The van der Waals surface area contributed by atoms with Gasteiger partial charge < -0.3 is 10.5 Å². The van der Waals surface area contributed by atoms with Crippen LogP contribution < -0.4 is 10.5 Å². The maximum Gasteiger partial charge on any atom is 0.308 e. The van der Waals surface area contributed by atoms with Crippen molar-refractivity contribution in [2.24, 2.45) is 5.73 Å². The number of hydrogen-bond acceptors (Lipinski definition) is 3. The third-order valence-corrected chi connectivity index (χ3v) is 2.12. The van der Waals surface area contributed by atoms with Gasteiger partial charge in [-0.3, -0.25) is 4.79 Å². The van der Waals surface area contributed by atoms with Crippen LogP contribution >= 0.6 is 0 Å². The lowest BCUT2D eigenvalue weighted by molar-refractivity contribution is -0.131. The van der Waals surface area contributed by atoms with Gasteiger partial charge in [0.2, 0.25) is 0 Å². The summed E-state index contributed by atoms with van der Waals surface area (Å²) in [6, 6.07) is 7.16. The molecule has 0 fully saturated rings. The van der Waals surface area contributed by atoms with Crippen LogP contribution in [0.2, 0.25) is 0 Å². The van der Waals surface area contributed by atoms with Gasteiger partial charge in [0.15, 0.2) is 0 Å². The second kappa shape index (κ2) is 5.47. The quantitative estimate of drug-likeness (QED) is 0.481. The van der Waals surface area contributed by atoms with Gasteiger partial charge in [-0.15, -0.1) is 6.58 Å². The monoisotopic (exact) mass is 219 g/mol. The number of carbonyl (C=O) groups excluding carboxylic acids is 1. The molecule has 0 amide bonds. The molecule has 0 aliphatic heterocycles. The molecule has 0 bridgehead atoms. The van der Waals surface area contributed by atoms with Crippen LogP contribution in [0.4, 0.5) is 0 Å². The fourth-order valence-electron chi connectivity index (χ4n) is 1.47. The van der Waals surface area contributed by atoms with Gasteiger partial charge in [0, 0.05) is 13.0 Å². The second-order valence-corrected chi connectivity index (χ2v) is 3.93. The van der Waals surface area contributed by atoms with Crippen molar-refractivity contribution in [3.8, 4) is 5.75 Å². The van der Waals surface area contributed by atoms with Crippen molar-refractivity contribution in [2.45, 2.75) is 26.3 Å². The molecule has 0 spiro atoms. The van der Waals surface area contributed by atoms with Crippen LogP contribution in [0, 0.1) is 0 Å². The highest BCUT2D eigenvalue weighted by molar-refractivity contribution is 5.69. The zero-order chi connectivity index (χ0) is 12.1. The first kappa shape index (κ1) is 12.5. The largest absolute Gasteiger partial charge is 0.427 e. The van der Waals surface area contributed by atoms with E-state index in [2.05, 4.69) is 6.58 Å². The standard InChI is InChI=1S/C13H17NO2/c1-9(2)7-13(14)11-5-4-6-12(8-11)16-10(3)15/h4-6,8,13H,1,7,14H2,2-3H3/t13-/m1/s1. The van der Waals surface area contributed by atoms with E-state index < -0.39 is 0 Å². The van der Waals surface area contributed by atoms with Crippen molar-refractivity contribution in [3.63, 3.8) is 0 Å². The molecule has 1 aromatic carbocycles. The summed E-state index contributed by atoms with van der Waals surface area (Å²) >= 11 is 0. The topological polar surface area (TPSA) is 52.3 Å². The number of benzene rings is 1. The zero-order valence-electron chi connectivity index (χ0n) is 9.69. The Bertz CT molecular complexity index is 399. The highest BCUT2D eigenvalue weighted by Gasteiger charge is 2.07. The summed E-state index contributed by atoms with van der Waals surface area (Å²) in [5.74, 6) is 0.202. The average molecular weight is 219 g/mol.